The Morgan fingerprint density at radius 1 is 0.543 bits per heavy atom. The molecule has 4 nitrogen and oxygen atoms in total. The third kappa shape index (κ3) is 27.4. The zero-order chi connectivity index (χ0) is 25.0. The van der Waals surface area contributed by atoms with Gasteiger partial charge in [0, 0.05) is 24.3 Å². The zero-order valence-corrected chi connectivity index (χ0v) is 28.0. The molecular formula is C28H58Br2N2O2S. The van der Waals surface area contributed by atoms with Crippen LogP contribution in [0.1, 0.15) is 104 Å². The van der Waals surface area contributed by atoms with Crippen LogP contribution in [0.2, 0.25) is 0 Å². The number of rotatable bonds is 24. The Kier molecular flexibility index (Phi) is 28.5. The molecule has 0 saturated carbocycles. The smallest absolute Gasteiger partial charge is 0.186 e. The predicted octanol–water partition coefficient (Wildman–Crippen LogP) is 0.520. The van der Waals surface area contributed by atoms with Crippen molar-refractivity contribution >= 4 is 23.3 Å². The van der Waals surface area contributed by atoms with Gasteiger partial charge in [-0.1, -0.05) is 78.1 Å². The van der Waals surface area contributed by atoms with E-state index in [1.807, 2.05) is 11.8 Å². The molecule has 0 aliphatic heterocycles. The van der Waals surface area contributed by atoms with Crippen LogP contribution in [-0.4, -0.2) is 86.4 Å². The standard InChI is InChI=1S/C28H58N2O2S.2BrH/c1-7-9-11-13-15-17-19-27(31)25-29(3,4)21-23-33-24-22-30(5,6)26-28(32)20-18-16-14-12-10-8-2;;/h7-26H2,1-6H3;2*1H/q+2;;/p-2. The highest BCUT2D eigenvalue weighted by Gasteiger charge is 2.21. The third-order valence-electron chi connectivity index (χ3n) is 6.51. The number of carbonyl (C=O) groups is 2. The second-order valence-corrected chi connectivity index (χ2v) is 12.6. The lowest BCUT2D eigenvalue weighted by atomic mass is 10.1. The van der Waals surface area contributed by atoms with Gasteiger partial charge in [-0.2, -0.15) is 11.8 Å². The molecule has 0 atom stereocenters. The minimum absolute atomic E-state index is 0. The van der Waals surface area contributed by atoms with E-state index in [0.29, 0.717) is 24.7 Å². The molecule has 0 spiro atoms. The molecular weight excluding hydrogens is 588 g/mol. The molecule has 0 unspecified atom stereocenters. The van der Waals surface area contributed by atoms with Gasteiger partial charge < -0.3 is 42.9 Å². The number of nitrogens with zero attached hydrogens (tertiary/aromatic N) is 2. The summed E-state index contributed by atoms with van der Waals surface area (Å²) in [4.78, 5) is 24.7. The molecule has 0 heterocycles. The summed E-state index contributed by atoms with van der Waals surface area (Å²) in [6.07, 6.45) is 16.4. The summed E-state index contributed by atoms with van der Waals surface area (Å²) < 4.78 is 1.58. The monoisotopic (exact) mass is 644 g/mol. The van der Waals surface area contributed by atoms with Gasteiger partial charge in [0.15, 0.2) is 11.6 Å². The van der Waals surface area contributed by atoms with Gasteiger partial charge in [-0.05, 0) is 12.8 Å². The topological polar surface area (TPSA) is 34.1 Å². The summed E-state index contributed by atoms with van der Waals surface area (Å²) >= 11 is 1.97. The van der Waals surface area contributed by atoms with E-state index in [-0.39, 0.29) is 34.0 Å². The first-order valence-electron chi connectivity index (χ1n) is 13.9. The van der Waals surface area contributed by atoms with E-state index >= 15 is 0 Å². The second kappa shape index (κ2) is 24.9. The maximum absolute atomic E-state index is 12.4. The number of halogens is 2. The Bertz CT molecular complexity index is 473. The highest BCUT2D eigenvalue weighted by molar-refractivity contribution is 7.99. The van der Waals surface area contributed by atoms with Gasteiger partial charge in [-0.15, -0.1) is 0 Å². The number of likely N-dealkylation sites (N-methyl/N-ethyl adjacent to an activating group) is 2. The van der Waals surface area contributed by atoms with Crippen molar-refractivity contribution in [2.75, 3.05) is 65.9 Å². The van der Waals surface area contributed by atoms with E-state index in [2.05, 4.69) is 42.0 Å². The fraction of sp³-hybridized carbons (Fsp3) is 0.929. The van der Waals surface area contributed by atoms with Crippen LogP contribution in [-0.2, 0) is 9.59 Å². The van der Waals surface area contributed by atoms with Crippen LogP contribution >= 0.6 is 11.8 Å². The van der Waals surface area contributed by atoms with E-state index in [4.69, 9.17) is 0 Å². The van der Waals surface area contributed by atoms with E-state index in [0.717, 1.165) is 59.2 Å². The van der Waals surface area contributed by atoms with Crippen LogP contribution < -0.4 is 34.0 Å². The summed E-state index contributed by atoms with van der Waals surface area (Å²) in [5, 5.41) is 0. The van der Waals surface area contributed by atoms with E-state index in [1.54, 1.807) is 0 Å². The summed E-state index contributed by atoms with van der Waals surface area (Å²) in [6, 6.07) is 0. The largest absolute Gasteiger partial charge is 1.00 e. The molecule has 0 aromatic carbocycles. The average Bonchev–Trinajstić information content (AvgIpc) is 2.72. The molecule has 0 saturated heterocycles. The minimum Gasteiger partial charge on any atom is -1.00 e. The van der Waals surface area contributed by atoms with Gasteiger partial charge in [0.05, 0.1) is 41.3 Å². The van der Waals surface area contributed by atoms with Crippen LogP contribution in [0.3, 0.4) is 0 Å². The quantitative estimate of drug-likeness (QED) is 0.113. The molecule has 0 bridgehead atoms. The van der Waals surface area contributed by atoms with Gasteiger partial charge in [0.1, 0.15) is 13.1 Å². The molecule has 0 fully saturated rings. The van der Waals surface area contributed by atoms with Crippen molar-refractivity contribution in [1.82, 2.24) is 0 Å². The van der Waals surface area contributed by atoms with E-state index in [9.17, 15) is 9.59 Å². The van der Waals surface area contributed by atoms with Crippen molar-refractivity contribution in [1.29, 1.82) is 0 Å². The van der Waals surface area contributed by atoms with Gasteiger partial charge in [-0.25, -0.2) is 0 Å². The minimum atomic E-state index is 0. The Hall–Kier alpha value is 0.570. The molecule has 0 radical (unpaired) electrons. The normalized spacial score (nSPS) is 11.6. The Labute approximate surface area is 244 Å². The van der Waals surface area contributed by atoms with Crippen molar-refractivity contribution in [3.05, 3.63) is 0 Å². The summed E-state index contributed by atoms with van der Waals surface area (Å²) in [5.74, 6) is 2.98. The third-order valence-corrected chi connectivity index (χ3v) is 7.45. The van der Waals surface area contributed by atoms with Crippen molar-refractivity contribution in [3.8, 4) is 0 Å². The number of ketones is 2. The van der Waals surface area contributed by atoms with Crippen LogP contribution in [0.25, 0.3) is 0 Å². The SMILES string of the molecule is CCCCCCCCC(=O)C[N+](C)(C)CCSCC[N+](C)(C)CC(=O)CCCCCCCC.[Br-].[Br-]. The number of quaternary nitrogens is 2. The van der Waals surface area contributed by atoms with Crippen LogP contribution in [0, 0.1) is 0 Å². The predicted molar refractivity (Wildman–Crippen MR) is 147 cm³/mol. The number of thioether (sulfide) groups is 1. The lowest BCUT2D eigenvalue weighted by molar-refractivity contribution is -0.880. The number of unbranched alkanes of at least 4 members (excludes halogenated alkanes) is 10. The molecule has 0 aliphatic carbocycles. The van der Waals surface area contributed by atoms with Gasteiger partial charge in [-0.3, -0.25) is 9.59 Å². The summed E-state index contributed by atoms with van der Waals surface area (Å²) in [7, 11) is 8.72. The first-order valence-corrected chi connectivity index (χ1v) is 15.0. The van der Waals surface area contributed by atoms with Crippen molar-refractivity contribution < 1.29 is 52.5 Å². The maximum Gasteiger partial charge on any atom is 0.186 e. The van der Waals surface area contributed by atoms with Crippen molar-refractivity contribution in [3.63, 3.8) is 0 Å². The van der Waals surface area contributed by atoms with Gasteiger partial charge in [0.2, 0.25) is 0 Å². The first-order chi connectivity index (χ1) is 15.6. The van der Waals surface area contributed by atoms with Crippen LogP contribution in [0.5, 0.6) is 0 Å². The molecule has 0 N–H and O–H groups in total. The second-order valence-electron chi connectivity index (χ2n) is 11.4. The van der Waals surface area contributed by atoms with Crippen molar-refractivity contribution in [2.24, 2.45) is 0 Å². The molecule has 7 heteroatoms. The molecule has 0 amide bonds. The lowest BCUT2D eigenvalue weighted by Crippen LogP contribution is -3.00. The number of carbonyl (C=O) groups excluding carboxylic acids is 2. The summed E-state index contributed by atoms with van der Waals surface area (Å²) in [6.45, 7) is 7.84. The molecule has 212 valence electrons. The van der Waals surface area contributed by atoms with Crippen molar-refractivity contribution in [2.45, 2.75) is 104 Å². The Morgan fingerprint density at radius 3 is 1.20 bits per heavy atom. The highest BCUT2D eigenvalue weighted by Crippen LogP contribution is 2.12. The van der Waals surface area contributed by atoms with E-state index < -0.39 is 0 Å². The molecule has 35 heavy (non-hydrogen) atoms. The molecule has 0 aliphatic rings. The average molecular weight is 647 g/mol. The Balaban J connectivity index is -0.00000512. The zero-order valence-electron chi connectivity index (χ0n) is 24.0. The van der Waals surface area contributed by atoms with Crippen LogP contribution in [0.4, 0.5) is 0 Å². The van der Waals surface area contributed by atoms with Gasteiger partial charge >= 0.3 is 0 Å². The van der Waals surface area contributed by atoms with Crippen LogP contribution in [0.15, 0.2) is 0 Å². The molecule has 0 rings (SSSR count). The number of Topliss-reactive ketones (excluding diaryl/α,β-unsaturated/α-hetero) is 2. The Morgan fingerprint density at radius 2 is 0.857 bits per heavy atom. The highest BCUT2D eigenvalue weighted by atomic mass is 79.9. The maximum atomic E-state index is 12.4. The lowest BCUT2D eigenvalue weighted by Gasteiger charge is -2.30. The summed E-state index contributed by atoms with van der Waals surface area (Å²) in [5.41, 5.74) is 0. The fourth-order valence-electron chi connectivity index (χ4n) is 4.20. The van der Waals surface area contributed by atoms with Gasteiger partial charge in [0.25, 0.3) is 0 Å². The fourth-order valence-corrected chi connectivity index (χ4v) is 5.65. The molecule has 0 aromatic heterocycles. The first kappa shape index (κ1) is 40.1. The number of hydrogen-bond donors (Lipinski definition) is 0. The van der Waals surface area contributed by atoms with E-state index in [1.165, 1.54) is 64.2 Å². The number of hydrogen-bond acceptors (Lipinski definition) is 3. The molecule has 0 aromatic rings.